The second kappa shape index (κ2) is 8.06. The second-order valence-corrected chi connectivity index (χ2v) is 6.79. The van der Waals surface area contributed by atoms with Crippen LogP contribution >= 0.6 is 11.6 Å². The summed E-state index contributed by atoms with van der Waals surface area (Å²) < 4.78 is 5.39. The molecule has 1 aromatic heterocycles. The van der Waals surface area contributed by atoms with Crippen LogP contribution in [0.2, 0.25) is 5.02 Å². The van der Waals surface area contributed by atoms with Crippen LogP contribution in [0.3, 0.4) is 0 Å². The fraction of sp³-hybridized carbons (Fsp3) is 0.350. The second-order valence-electron chi connectivity index (χ2n) is 6.38. The summed E-state index contributed by atoms with van der Waals surface area (Å²) in [5, 5.41) is 3.51. The van der Waals surface area contributed by atoms with Crippen LogP contribution in [-0.4, -0.2) is 23.4 Å². The Morgan fingerprint density at radius 1 is 1.30 bits per heavy atom. The number of carbonyl (C=O) groups excluding carboxylic acids is 2. The van der Waals surface area contributed by atoms with Crippen molar-refractivity contribution in [1.29, 1.82) is 0 Å². The molecule has 2 aromatic rings. The molecule has 0 bridgehead atoms. The van der Waals surface area contributed by atoms with Crippen molar-refractivity contribution in [2.45, 2.75) is 39.7 Å². The first-order chi connectivity index (χ1) is 13.0. The minimum atomic E-state index is -0.696. The lowest BCUT2D eigenvalue weighted by Crippen LogP contribution is -2.25. The van der Waals surface area contributed by atoms with Gasteiger partial charge in [-0.1, -0.05) is 31.5 Å². The largest absolute Gasteiger partial charge is 0.376 e. The maximum absolute atomic E-state index is 13.0. The number of nitrogens with two attached hydrogens (primary N) is 1. The number of fused-ring (bicyclic) bond motifs is 1. The van der Waals surface area contributed by atoms with Gasteiger partial charge in [-0.3, -0.25) is 9.59 Å². The van der Waals surface area contributed by atoms with E-state index in [1.54, 1.807) is 6.07 Å². The van der Waals surface area contributed by atoms with Crippen LogP contribution in [0.4, 0.5) is 5.69 Å². The smallest absolute Gasteiger partial charge is 0.275 e. The van der Waals surface area contributed by atoms with Crippen molar-refractivity contribution in [3.8, 4) is 0 Å². The van der Waals surface area contributed by atoms with Gasteiger partial charge in [0.15, 0.2) is 0 Å². The number of nitrogens with one attached hydrogen (secondary N) is 1. The van der Waals surface area contributed by atoms with Crippen LogP contribution in [0.15, 0.2) is 18.2 Å². The van der Waals surface area contributed by atoms with Gasteiger partial charge in [-0.05, 0) is 36.1 Å². The number of nitrogens with zero attached hydrogens (tertiary/aromatic N) is 1. The average molecular weight is 388 g/mol. The highest BCUT2D eigenvalue weighted by Gasteiger charge is 2.24. The fourth-order valence-corrected chi connectivity index (χ4v) is 3.58. The number of ether oxygens (including phenoxy) is 1. The molecular weight excluding hydrogens is 366 g/mol. The van der Waals surface area contributed by atoms with Crippen LogP contribution in [0, 0.1) is 0 Å². The molecule has 1 aliphatic heterocycles. The minimum Gasteiger partial charge on any atom is -0.376 e. The summed E-state index contributed by atoms with van der Waals surface area (Å²) in [5.74, 6) is -1.16. The van der Waals surface area contributed by atoms with Crippen molar-refractivity contribution >= 4 is 29.1 Å². The molecule has 2 amide bonds. The van der Waals surface area contributed by atoms with E-state index in [0.29, 0.717) is 36.8 Å². The minimum absolute atomic E-state index is 0.0345. The van der Waals surface area contributed by atoms with E-state index < -0.39 is 11.8 Å². The van der Waals surface area contributed by atoms with Gasteiger partial charge in [0.25, 0.3) is 11.8 Å². The number of aryl methyl sites for hydroxylation is 1. The quantitative estimate of drug-likeness (QED) is 0.823. The van der Waals surface area contributed by atoms with Gasteiger partial charge in [-0.2, -0.15) is 0 Å². The average Bonchev–Trinajstić information content (AvgIpc) is 2.67. The van der Waals surface area contributed by atoms with E-state index in [0.717, 1.165) is 28.8 Å². The lowest BCUT2D eigenvalue weighted by molar-refractivity contribution is 0.0965. The third kappa shape index (κ3) is 3.82. The Kier molecular flexibility index (Phi) is 5.77. The number of aromatic nitrogens is 1. The standard InChI is InChI=1S/C20H22ClN3O3/c1-3-11-5-6-15(21)13(4-2)17(11)24-20(26)18-14(19(22)25)9-12-10-27-8-7-16(12)23-18/h5-6,9H,3-4,7-8,10H2,1-2H3,(H2,22,25)(H,24,26). The molecule has 1 aromatic carbocycles. The Balaban J connectivity index is 2.05. The first-order valence-electron chi connectivity index (χ1n) is 8.98. The third-order valence-corrected chi connectivity index (χ3v) is 5.08. The fourth-order valence-electron chi connectivity index (χ4n) is 3.29. The highest BCUT2D eigenvalue weighted by molar-refractivity contribution is 6.32. The van der Waals surface area contributed by atoms with Crippen molar-refractivity contribution in [2.24, 2.45) is 5.73 Å². The predicted molar refractivity (Wildman–Crippen MR) is 104 cm³/mol. The van der Waals surface area contributed by atoms with Crippen LogP contribution in [0.1, 0.15) is 57.1 Å². The summed E-state index contributed by atoms with van der Waals surface area (Å²) in [6.07, 6.45) is 1.99. The molecule has 142 valence electrons. The summed E-state index contributed by atoms with van der Waals surface area (Å²) in [6, 6.07) is 5.34. The monoisotopic (exact) mass is 387 g/mol. The summed E-state index contributed by atoms with van der Waals surface area (Å²) in [6.45, 7) is 4.87. The maximum Gasteiger partial charge on any atom is 0.275 e. The van der Waals surface area contributed by atoms with Gasteiger partial charge < -0.3 is 15.8 Å². The van der Waals surface area contributed by atoms with E-state index in [9.17, 15) is 9.59 Å². The summed E-state index contributed by atoms with van der Waals surface area (Å²) in [4.78, 5) is 29.4. The van der Waals surface area contributed by atoms with E-state index in [-0.39, 0.29) is 11.3 Å². The molecule has 0 fully saturated rings. The summed E-state index contributed by atoms with van der Waals surface area (Å²) in [5.41, 5.74) is 9.67. The lowest BCUT2D eigenvalue weighted by Gasteiger charge is -2.19. The number of amides is 2. The van der Waals surface area contributed by atoms with Crippen molar-refractivity contribution in [2.75, 3.05) is 11.9 Å². The Hall–Kier alpha value is -2.44. The molecule has 1 aliphatic rings. The zero-order valence-corrected chi connectivity index (χ0v) is 16.2. The number of benzene rings is 1. The van der Waals surface area contributed by atoms with Crippen molar-refractivity contribution in [3.63, 3.8) is 0 Å². The van der Waals surface area contributed by atoms with Gasteiger partial charge in [0.1, 0.15) is 5.69 Å². The number of hydrogen-bond donors (Lipinski definition) is 2. The zero-order valence-electron chi connectivity index (χ0n) is 15.4. The van der Waals surface area contributed by atoms with Gasteiger partial charge in [-0.15, -0.1) is 0 Å². The molecule has 3 N–H and O–H groups in total. The topological polar surface area (TPSA) is 94.3 Å². The highest BCUT2D eigenvalue weighted by atomic mass is 35.5. The molecule has 6 nitrogen and oxygen atoms in total. The van der Waals surface area contributed by atoms with E-state index in [2.05, 4.69) is 10.3 Å². The molecule has 0 spiro atoms. The molecule has 0 saturated heterocycles. The highest BCUT2D eigenvalue weighted by Crippen LogP contribution is 2.30. The van der Waals surface area contributed by atoms with E-state index in [4.69, 9.17) is 22.1 Å². The van der Waals surface area contributed by atoms with E-state index >= 15 is 0 Å². The van der Waals surface area contributed by atoms with Crippen molar-refractivity contribution in [1.82, 2.24) is 4.98 Å². The summed E-state index contributed by atoms with van der Waals surface area (Å²) >= 11 is 6.31. The Morgan fingerprint density at radius 2 is 2.07 bits per heavy atom. The SMILES string of the molecule is CCc1ccc(Cl)c(CC)c1NC(=O)c1nc2c(cc1C(N)=O)COCC2. The van der Waals surface area contributed by atoms with Crippen LogP contribution in [-0.2, 0) is 30.6 Å². The Bertz CT molecular complexity index is 912. The predicted octanol–water partition coefficient (Wildman–Crippen LogP) is 3.28. The normalized spacial score (nSPS) is 13.1. The molecule has 0 atom stereocenters. The third-order valence-electron chi connectivity index (χ3n) is 4.73. The van der Waals surface area contributed by atoms with Crippen LogP contribution in [0.25, 0.3) is 0 Å². The first kappa shape index (κ1) is 19.3. The van der Waals surface area contributed by atoms with Crippen molar-refractivity contribution in [3.05, 3.63) is 56.9 Å². The van der Waals surface area contributed by atoms with E-state index in [1.165, 1.54) is 0 Å². The summed E-state index contributed by atoms with van der Waals surface area (Å²) in [7, 11) is 0. The number of hydrogen-bond acceptors (Lipinski definition) is 4. The molecule has 27 heavy (non-hydrogen) atoms. The maximum atomic E-state index is 13.0. The molecule has 7 heteroatoms. The van der Waals surface area contributed by atoms with Crippen molar-refractivity contribution < 1.29 is 14.3 Å². The van der Waals surface area contributed by atoms with Gasteiger partial charge in [-0.25, -0.2) is 4.98 Å². The molecule has 0 saturated carbocycles. The van der Waals surface area contributed by atoms with Gasteiger partial charge in [0.2, 0.25) is 0 Å². The van der Waals surface area contributed by atoms with Gasteiger partial charge >= 0.3 is 0 Å². The number of primary amides is 1. The molecule has 0 aliphatic carbocycles. The molecule has 0 unspecified atom stereocenters. The van der Waals surface area contributed by atoms with E-state index in [1.807, 2.05) is 26.0 Å². The molecular formula is C20H22ClN3O3. The van der Waals surface area contributed by atoms with Crippen LogP contribution in [0.5, 0.6) is 0 Å². The van der Waals surface area contributed by atoms with Crippen LogP contribution < -0.4 is 11.1 Å². The number of halogens is 1. The zero-order chi connectivity index (χ0) is 19.6. The Morgan fingerprint density at radius 3 is 2.74 bits per heavy atom. The number of rotatable bonds is 5. The van der Waals surface area contributed by atoms with Gasteiger partial charge in [0.05, 0.1) is 18.8 Å². The molecule has 0 radical (unpaired) electrons. The van der Waals surface area contributed by atoms with Gasteiger partial charge in [0, 0.05) is 28.4 Å². The number of pyridine rings is 1. The first-order valence-corrected chi connectivity index (χ1v) is 9.35. The number of carbonyl (C=O) groups is 2. The lowest BCUT2D eigenvalue weighted by atomic mass is 10.0. The Labute approximate surface area is 163 Å². The number of anilines is 1. The molecule has 3 rings (SSSR count). The molecule has 2 heterocycles.